The number of nitrogens with two attached hydrogens (primary N) is 1. The Hall–Kier alpha value is -2.58. The number of halogens is 1. The number of aliphatic hydroxyl groups is 1. The molecule has 1 aliphatic heterocycles. The fourth-order valence-electron chi connectivity index (χ4n) is 3.12. The van der Waals surface area contributed by atoms with Crippen LogP contribution in [0.3, 0.4) is 0 Å². The van der Waals surface area contributed by atoms with E-state index in [9.17, 15) is 14.3 Å². The van der Waals surface area contributed by atoms with Crippen LogP contribution in [-0.2, 0) is 4.79 Å². The van der Waals surface area contributed by atoms with Gasteiger partial charge < -0.3 is 15.7 Å². The minimum Gasteiger partial charge on any atom is -0.391 e. The molecule has 0 saturated carbocycles. The molecule has 0 bridgehead atoms. The maximum absolute atomic E-state index is 13.1. The van der Waals surface area contributed by atoms with Crippen LogP contribution in [0.2, 0.25) is 0 Å². The summed E-state index contributed by atoms with van der Waals surface area (Å²) in [6, 6.07) is 7.55. The van der Waals surface area contributed by atoms with Crippen molar-refractivity contribution in [3.8, 4) is 10.4 Å². The third kappa shape index (κ3) is 2.83. The summed E-state index contributed by atoms with van der Waals surface area (Å²) in [4.78, 5) is 23.0. The fourth-order valence-corrected chi connectivity index (χ4v) is 4.24. The molecule has 128 valence electrons. The van der Waals surface area contributed by atoms with Crippen LogP contribution in [0.25, 0.3) is 20.7 Å². The third-order valence-electron chi connectivity index (χ3n) is 4.30. The summed E-state index contributed by atoms with van der Waals surface area (Å²) in [6.45, 7) is 0.295. The smallest absolute Gasteiger partial charge is 0.240 e. The van der Waals surface area contributed by atoms with E-state index in [0.717, 1.165) is 20.7 Å². The maximum Gasteiger partial charge on any atom is 0.240 e. The Labute approximate surface area is 146 Å². The molecule has 2 aromatic heterocycles. The number of fused-ring (bicyclic) bond motifs is 1. The first-order valence-corrected chi connectivity index (χ1v) is 8.59. The van der Waals surface area contributed by atoms with Crippen molar-refractivity contribution in [2.24, 2.45) is 5.73 Å². The minimum absolute atomic E-state index is 0.289. The van der Waals surface area contributed by atoms with Crippen LogP contribution in [-0.4, -0.2) is 39.7 Å². The number of rotatable bonds is 3. The standard InChI is InChI=1S/C17H15FN4O2S/c18-10-3-1-9(2-4-10)14-6-12-15(25-14)17(21-8-20-12)22-7-11(23)5-13(22)16(19)24/h1-4,6,8,11,13,23H,5,7H2,(H2,19,24). The molecule has 2 atom stereocenters. The first-order chi connectivity index (χ1) is 12.0. The topological polar surface area (TPSA) is 92.3 Å². The predicted molar refractivity (Wildman–Crippen MR) is 93.8 cm³/mol. The number of anilines is 1. The number of nitrogens with zero attached hydrogens (tertiary/aromatic N) is 3. The van der Waals surface area contributed by atoms with E-state index in [2.05, 4.69) is 9.97 Å². The second-order valence-corrected chi connectivity index (χ2v) is 7.04. The van der Waals surface area contributed by atoms with Crippen molar-refractivity contribution >= 4 is 33.3 Å². The summed E-state index contributed by atoms with van der Waals surface area (Å²) in [6.07, 6.45) is 1.09. The fraction of sp³-hybridized carbons (Fsp3) is 0.235. The Balaban J connectivity index is 1.80. The molecule has 1 fully saturated rings. The summed E-state index contributed by atoms with van der Waals surface area (Å²) < 4.78 is 13.9. The van der Waals surface area contributed by atoms with Gasteiger partial charge in [0.2, 0.25) is 5.91 Å². The average molecular weight is 358 g/mol. The van der Waals surface area contributed by atoms with Gasteiger partial charge in [0.1, 0.15) is 18.2 Å². The van der Waals surface area contributed by atoms with Gasteiger partial charge in [0.25, 0.3) is 0 Å². The summed E-state index contributed by atoms with van der Waals surface area (Å²) in [5, 5.41) is 9.94. The largest absolute Gasteiger partial charge is 0.391 e. The van der Waals surface area contributed by atoms with Crippen molar-refractivity contribution < 1.29 is 14.3 Å². The number of aromatic nitrogens is 2. The highest BCUT2D eigenvalue weighted by atomic mass is 32.1. The monoisotopic (exact) mass is 358 g/mol. The lowest BCUT2D eigenvalue weighted by atomic mass is 10.2. The molecule has 8 heteroatoms. The highest BCUT2D eigenvalue weighted by Gasteiger charge is 2.36. The zero-order valence-electron chi connectivity index (χ0n) is 13.1. The third-order valence-corrected chi connectivity index (χ3v) is 5.47. The Kier molecular flexibility index (Phi) is 3.85. The molecule has 0 spiro atoms. The van der Waals surface area contributed by atoms with Gasteiger partial charge in [-0.15, -0.1) is 11.3 Å². The van der Waals surface area contributed by atoms with E-state index in [0.29, 0.717) is 12.4 Å². The number of carbonyl (C=O) groups is 1. The van der Waals surface area contributed by atoms with E-state index in [4.69, 9.17) is 5.73 Å². The average Bonchev–Trinajstić information content (AvgIpc) is 3.18. The maximum atomic E-state index is 13.1. The van der Waals surface area contributed by atoms with Gasteiger partial charge in [0.15, 0.2) is 5.82 Å². The van der Waals surface area contributed by atoms with E-state index >= 15 is 0 Å². The van der Waals surface area contributed by atoms with E-state index in [1.54, 1.807) is 17.0 Å². The summed E-state index contributed by atoms with van der Waals surface area (Å²) in [5.74, 6) is -0.192. The second-order valence-electron chi connectivity index (χ2n) is 5.99. The highest BCUT2D eigenvalue weighted by molar-refractivity contribution is 7.22. The van der Waals surface area contributed by atoms with E-state index in [1.807, 2.05) is 6.07 Å². The molecule has 3 aromatic rings. The van der Waals surface area contributed by atoms with Gasteiger partial charge in [0.05, 0.1) is 16.3 Å². The number of hydrogen-bond acceptors (Lipinski definition) is 6. The molecule has 2 unspecified atom stereocenters. The molecule has 4 rings (SSSR count). The predicted octanol–water partition coefficient (Wildman–Crippen LogP) is 1.92. The van der Waals surface area contributed by atoms with Gasteiger partial charge in [-0.25, -0.2) is 14.4 Å². The van der Waals surface area contributed by atoms with Crippen molar-refractivity contribution in [3.05, 3.63) is 42.5 Å². The van der Waals surface area contributed by atoms with E-state index < -0.39 is 18.1 Å². The van der Waals surface area contributed by atoms with Crippen molar-refractivity contribution in [2.45, 2.75) is 18.6 Å². The van der Waals surface area contributed by atoms with E-state index in [1.165, 1.54) is 29.8 Å². The van der Waals surface area contributed by atoms with Gasteiger partial charge in [-0.2, -0.15) is 0 Å². The number of thiophene rings is 1. The van der Waals surface area contributed by atoms with Crippen LogP contribution in [0, 0.1) is 5.82 Å². The lowest BCUT2D eigenvalue weighted by Gasteiger charge is -2.23. The van der Waals surface area contributed by atoms with Crippen molar-refractivity contribution in [3.63, 3.8) is 0 Å². The van der Waals surface area contributed by atoms with Crippen LogP contribution in [0.15, 0.2) is 36.7 Å². The van der Waals surface area contributed by atoms with Crippen LogP contribution in [0.1, 0.15) is 6.42 Å². The van der Waals surface area contributed by atoms with Crippen LogP contribution in [0.5, 0.6) is 0 Å². The molecule has 6 nitrogen and oxygen atoms in total. The normalized spacial score (nSPS) is 20.3. The first-order valence-electron chi connectivity index (χ1n) is 7.77. The Morgan fingerprint density at radius 2 is 2.08 bits per heavy atom. The number of amides is 1. The summed E-state index contributed by atoms with van der Waals surface area (Å²) in [5.41, 5.74) is 7.09. The Morgan fingerprint density at radius 3 is 2.80 bits per heavy atom. The molecular weight excluding hydrogens is 343 g/mol. The molecule has 3 N–H and O–H groups in total. The SMILES string of the molecule is NC(=O)C1CC(O)CN1c1ncnc2cc(-c3ccc(F)cc3)sc12. The second kappa shape index (κ2) is 6.05. The first kappa shape index (κ1) is 15.9. The van der Waals surface area contributed by atoms with Gasteiger partial charge >= 0.3 is 0 Å². The molecule has 1 aliphatic rings. The molecule has 0 aliphatic carbocycles. The molecular formula is C17H15FN4O2S. The van der Waals surface area contributed by atoms with Crippen molar-refractivity contribution in [2.75, 3.05) is 11.4 Å². The van der Waals surface area contributed by atoms with Crippen LogP contribution >= 0.6 is 11.3 Å². The van der Waals surface area contributed by atoms with Crippen molar-refractivity contribution in [1.29, 1.82) is 0 Å². The van der Waals surface area contributed by atoms with Gasteiger partial charge in [-0.05, 0) is 23.8 Å². The molecule has 1 aromatic carbocycles. The molecule has 1 saturated heterocycles. The number of primary amides is 1. The van der Waals surface area contributed by atoms with Gasteiger partial charge in [0, 0.05) is 17.8 Å². The lowest BCUT2D eigenvalue weighted by Crippen LogP contribution is -2.40. The van der Waals surface area contributed by atoms with Crippen LogP contribution < -0.4 is 10.6 Å². The quantitative estimate of drug-likeness (QED) is 0.746. The number of benzene rings is 1. The lowest BCUT2D eigenvalue weighted by molar-refractivity contribution is -0.119. The van der Waals surface area contributed by atoms with E-state index in [-0.39, 0.29) is 12.2 Å². The number of hydrogen-bond donors (Lipinski definition) is 2. The molecule has 0 radical (unpaired) electrons. The zero-order chi connectivity index (χ0) is 17.6. The number of carbonyl (C=O) groups excluding carboxylic acids is 1. The number of aliphatic hydroxyl groups excluding tert-OH is 1. The highest BCUT2D eigenvalue weighted by Crippen LogP contribution is 2.38. The molecule has 1 amide bonds. The summed E-state index contributed by atoms with van der Waals surface area (Å²) in [7, 11) is 0. The summed E-state index contributed by atoms with van der Waals surface area (Å²) >= 11 is 1.46. The molecule has 3 heterocycles. The Morgan fingerprint density at radius 1 is 1.32 bits per heavy atom. The van der Waals surface area contributed by atoms with Crippen molar-refractivity contribution in [1.82, 2.24) is 9.97 Å². The van der Waals surface area contributed by atoms with Gasteiger partial charge in [-0.3, -0.25) is 4.79 Å². The zero-order valence-corrected chi connectivity index (χ0v) is 13.9. The Bertz CT molecular complexity index is 943. The number of β-amino-alcohol motifs (C(OH)–C–C–N with tert-alkyl or cyclic N) is 1. The molecule has 25 heavy (non-hydrogen) atoms. The minimum atomic E-state index is -0.626. The van der Waals surface area contributed by atoms with Gasteiger partial charge in [-0.1, -0.05) is 12.1 Å². The van der Waals surface area contributed by atoms with Crippen LogP contribution in [0.4, 0.5) is 10.2 Å².